The summed E-state index contributed by atoms with van der Waals surface area (Å²) in [6.07, 6.45) is 0. The summed E-state index contributed by atoms with van der Waals surface area (Å²) in [6, 6.07) is 25.2. The van der Waals surface area contributed by atoms with Crippen LogP contribution in [0.2, 0.25) is 0 Å². The van der Waals surface area contributed by atoms with Crippen molar-refractivity contribution in [2.75, 3.05) is 4.90 Å². The number of hydrogen-bond acceptors (Lipinski definition) is 3. The fraction of sp³-hybridized carbons (Fsp3) is 0.174. The standard InChI is InChI=1S/C23H21BrN2O/c1-17(25-27-16-21-9-4-5-12-23(21)24)18-10-6-11-22(13-18)26-14-19-7-2-3-8-20(19)15-26/h2-13H,14-16H2,1H3/b25-17-. The van der Waals surface area contributed by atoms with Gasteiger partial charge in [0.1, 0.15) is 6.61 Å². The smallest absolute Gasteiger partial charge is 0.143 e. The third-order valence-electron chi connectivity index (χ3n) is 4.85. The Bertz CT molecular complexity index is 958. The first-order valence-corrected chi connectivity index (χ1v) is 9.82. The predicted octanol–water partition coefficient (Wildman–Crippen LogP) is 5.91. The van der Waals surface area contributed by atoms with Gasteiger partial charge in [-0.25, -0.2) is 0 Å². The lowest BCUT2D eigenvalue weighted by atomic mass is 10.1. The summed E-state index contributed by atoms with van der Waals surface area (Å²) in [5, 5.41) is 4.32. The molecule has 0 saturated heterocycles. The van der Waals surface area contributed by atoms with Gasteiger partial charge in [-0.2, -0.15) is 0 Å². The van der Waals surface area contributed by atoms with E-state index in [2.05, 4.69) is 74.5 Å². The summed E-state index contributed by atoms with van der Waals surface area (Å²) < 4.78 is 1.04. The topological polar surface area (TPSA) is 24.8 Å². The first-order valence-electron chi connectivity index (χ1n) is 9.03. The molecule has 0 saturated carbocycles. The quantitative estimate of drug-likeness (QED) is 0.378. The fourth-order valence-corrected chi connectivity index (χ4v) is 3.71. The molecule has 0 aromatic heterocycles. The number of halogens is 1. The Kier molecular flexibility index (Phi) is 5.26. The van der Waals surface area contributed by atoms with Crippen molar-refractivity contribution in [1.82, 2.24) is 0 Å². The van der Waals surface area contributed by atoms with Gasteiger partial charge in [-0.15, -0.1) is 0 Å². The summed E-state index contributed by atoms with van der Waals surface area (Å²) in [5.41, 5.74) is 7.06. The Morgan fingerprint density at radius 2 is 1.67 bits per heavy atom. The Hall–Kier alpha value is -2.59. The van der Waals surface area contributed by atoms with Gasteiger partial charge in [0.15, 0.2) is 0 Å². The maximum atomic E-state index is 5.58. The number of hydrogen-bond donors (Lipinski definition) is 0. The number of anilines is 1. The average molecular weight is 421 g/mol. The highest BCUT2D eigenvalue weighted by Crippen LogP contribution is 2.28. The zero-order valence-electron chi connectivity index (χ0n) is 15.2. The summed E-state index contributed by atoms with van der Waals surface area (Å²) in [5.74, 6) is 0. The van der Waals surface area contributed by atoms with E-state index < -0.39 is 0 Å². The molecular weight excluding hydrogens is 400 g/mol. The summed E-state index contributed by atoms with van der Waals surface area (Å²) in [6.45, 7) is 4.33. The van der Waals surface area contributed by atoms with Crippen LogP contribution in [0.15, 0.2) is 82.4 Å². The third-order valence-corrected chi connectivity index (χ3v) is 5.62. The number of fused-ring (bicyclic) bond motifs is 1. The molecule has 3 aromatic rings. The first-order chi connectivity index (χ1) is 13.2. The lowest BCUT2D eigenvalue weighted by molar-refractivity contribution is 0.130. The van der Waals surface area contributed by atoms with Crippen LogP contribution in [0.1, 0.15) is 29.2 Å². The molecular formula is C23H21BrN2O. The van der Waals surface area contributed by atoms with Gasteiger partial charge in [-0.1, -0.05) is 75.7 Å². The van der Waals surface area contributed by atoms with Crippen molar-refractivity contribution in [2.24, 2.45) is 5.16 Å². The molecule has 1 aliphatic heterocycles. The number of nitrogens with zero attached hydrogens (tertiary/aromatic N) is 2. The van der Waals surface area contributed by atoms with E-state index in [0.717, 1.165) is 34.4 Å². The molecule has 27 heavy (non-hydrogen) atoms. The highest BCUT2D eigenvalue weighted by atomic mass is 79.9. The molecule has 0 unspecified atom stereocenters. The molecule has 0 fully saturated rings. The molecule has 4 heteroatoms. The van der Waals surface area contributed by atoms with Crippen LogP contribution in [0.3, 0.4) is 0 Å². The molecule has 3 nitrogen and oxygen atoms in total. The third kappa shape index (κ3) is 4.06. The molecule has 136 valence electrons. The van der Waals surface area contributed by atoms with E-state index in [1.165, 1.54) is 16.8 Å². The van der Waals surface area contributed by atoms with Gasteiger partial charge in [-0.3, -0.25) is 0 Å². The van der Waals surface area contributed by atoms with Gasteiger partial charge in [0.2, 0.25) is 0 Å². The van der Waals surface area contributed by atoms with Crippen LogP contribution in [-0.4, -0.2) is 5.71 Å². The fourth-order valence-electron chi connectivity index (χ4n) is 3.31. The summed E-state index contributed by atoms with van der Waals surface area (Å²) in [4.78, 5) is 7.97. The van der Waals surface area contributed by atoms with Crippen molar-refractivity contribution < 1.29 is 4.84 Å². The van der Waals surface area contributed by atoms with Gasteiger partial charge in [0, 0.05) is 34.4 Å². The molecule has 0 aliphatic carbocycles. The molecule has 0 bridgehead atoms. The number of benzene rings is 3. The Labute approximate surface area is 168 Å². The van der Waals surface area contributed by atoms with E-state index in [1.54, 1.807) is 0 Å². The molecule has 0 amide bonds. The lowest BCUT2D eigenvalue weighted by Crippen LogP contribution is -2.14. The highest BCUT2D eigenvalue weighted by molar-refractivity contribution is 9.10. The molecule has 0 N–H and O–H groups in total. The van der Waals surface area contributed by atoms with Gasteiger partial charge in [0.05, 0.1) is 5.71 Å². The highest BCUT2D eigenvalue weighted by Gasteiger charge is 2.18. The Balaban J connectivity index is 1.45. The summed E-state index contributed by atoms with van der Waals surface area (Å²) >= 11 is 3.53. The molecule has 1 aliphatic rings. The van der Waals surface area contributed by atoms with Crippen LogP contribution in [0, 0.1) is 0 Å². The van der Waals surface area contributed by atoms with E-state index in [0.29, 0.717) is 6.61 Å². The zero-order chi connectivity index (χ0) is 18.6. The number of oxime groups is 1. The van der Waals surface area contributed by atoms with E-state index in [-0.39, 0.29) is 0 Å². The van der Waals surface area contributed by atoms with Gasteiger partial charge >= 0.3 is 0 Å². The van der Waals surface area contributed by atoms with Crippen molar-refractivity contribution >= 4 is 27.3 Å². The second kappa shape index (κ2) is 7.97. The summed E-state index contributed by atoms with van der Waals surface area (Å²) in [7, 11) is 0. The molecule has 0 spiro atoms. The normalized spacial score (nSPS) is 13.6. The van der Waals surface area contributed by atoms with Crippen molar-refractivity contribution in [3.8, 4) is 0 Å². The lowest BCUT2D eigenvalue weighted by Gasteiger charge is -2.18. The van der Waals surface area contributed by atoms with Crippen molar-refractivity contribution in [3.63, 3.8) is 0 Å². The van der Waals surface area contributed by atoms with Crippen LogP contribution < -0.4 is 4.90 Å². The Morgan fingerprint density at radius 1 is 0.963 bits per heavy atom. The molecule has 3 aromatic carbocycles. The second-order valence-corrected chi connectivity index (χ2v) is 7.57. The maximum Gasteiger partial charge on any atom is 0.143 e. The number of rotatable bonds is 5. The minimum atomic E-state index is 0.444. The molecule has 0 atom stereocenters. The molecule has 4 rings (SSSR count). The molecule has 1 heterocycles. The van der Waals surface area contributed by atoms with Crippen molar-refractivity contribution in [3.05, 3.63) is 99.5 Å². The van der Waals surface area contributed by atoms with Gasteiger partial charge in [0.25, 0.3) is 0 Å². The zero-order valence-corrected chi connectivity index (χ0v) is 16.8. The largest absolute Gasteiger partial charge is 0.391 e. The van der Waals surface area contributed by atoms with Crippen LogP contribution >= 0.6 is 15.9 Å². The van der Waals surface area contributed by atoms with Crippen molar-refractivity contribution in [1.29, 1.82) is 0 Å². The minimum absolute atomic E-state index is 0.444. The monoisotopic (exact) mass is 420 g/mol. The maximum absolute atomic E-state index is 5.58. The van der Waals surface area contributed by atoms with Crippen LogP contribution in [0.25, 0.3) is 0 Å². The van der Waals surface area contributed by atoms with Gasteiger partial charge < -0.3 is 9.74 Å². The van der Waals surface area contributed by atoms with E-state index in [4.69, 9.17) is 4.84 Å². The average Bonchev–Trinajstić information content (AvgIpc) is 3.14. The first kappa shape index (κ1) is 17.8. The Morgan fingerprint density at radius 3 is 2.41 bits per heavy atom. The van der Waals surface area contributed by atoms with E-state index >= 15 is 0 Å². The second-order valence-electron chi connectivity index (χ2n) is 6.72. The predicted molar refractivity (Wildman–Crippen MR) is 114 cm³/mol. The van der Waals surface area contributed by atoms with E-state index in [1.807, 2.05) is 31.2 Å². The van der Waals surface area contributed by atoms with Crippen LogP contribution in [0.5, 0.6) is 0 Å². The SMILES string of the molecule is C/C(=N/OCc1ccccc1Br)c1cccc(N2Cc3ccccc3C2)c1. The van der Waals surface area contributed by atoms with Crippen LogP contribution in [0.4, 0.5) is 5.69 Å². The molecule has 0 radical (unpaired) electrons. The van der Waals surface area contributed by atoms with Crippen LogP contribution in [-0.2, 0) is 24.5 Å². The minimum Gasteiger partial charge on any atom is -0.391 e. The van der Waals surface area contributed by atoms with Gasteiger partial charge in [-0.05, 0) is 36.2 Å². The van der Waals surface area contributed by atoms with Crippen molar-refractivity contribution in [2.45, 2.75) is 26.6 Å². The van der Waals surface area contributed by atoms with E-state index in [9.17, 15) is 0 Å².